The molecule has 1 aliphatic rings. The van der Waals surface area contributed by atoms with E-state index in [1.165, 1.54) is 0 Å². The number of carbonyl (C=O) groups excluding carboxylic acids is 2. The molecule has 0 aromatic carbocycles. The van der Waals surface area contributed by atoms with E-state index in [1.54, 1.807) is 24.0 Å². The van der Waals surface area contributed by atoms with Crippen molar-refractivity contribution in [1.29, 1.82) is 0 Å². The van der Waals surface area contributed by atoms with Crippen molar-refractivity contribution in [3.63, 3.8) is 0 Å². The van der Waals surface area contributed by atoms with E-state index in [0.29, 0.717) is 30.5 Å². The van der Waals surface area contributed by atoms with Crippen LogP contribution in [0, 0.1) is 11.8 Å². The molecule has 0 N–H and O–H groups in total. The number of esters is 1. The maximum absolute atomic E-state index is 12.2. The van der Waals surface area contributed by atoms with Crippen LogP contribution in [0.15, 0.2) is 12.1 Å². The van der Waals surface area contributed by atoms with Crippen LogP contribution < -0.4 is 4.90 Å². The Hall–Kier alpha value is -2.11. The summed E-state index contributed by atoms with van der Waals surface area (Å²) >= 11 is 0. The van der Waals surface area contributed by atoms with E-state index in [-0.39, 0.29) is 12.0 Å². The summed E-state index contributed by atoms with van der Waals surface area (Å²) in [5.74, 6) is 0.657. The first-order valence-electron chi connectivity index (χ1n) is 8.47. The third-order valence-electron chi connectivity index (χ3n) is 3.92. The molecule has 0 bridgehead atoms. The standard InChI is InChI=1S/C18H26N2O4/c1-6-23-17(21)13-8-14(7-11(2)3)19-16(9-13)20-15(12(4)5)10-24-18(20)22/h8-9,11-12,15H,6-7,10H2,1-5H3/t15-/m0/s1. The van der Waals surface area contributed by atoms with Gasteiger partial charge in [0.2, 0.25) is 0 Å². The summed E-state index contributed by atoms with van der Waals surface area (Å²) in [6.07, 6.45) is 0.299. The molecule has 0 radical (unpaired) electrons. The summed E-state index contributed by atoms with van der Waals surface area (Å²) in [6, 6.07) is 3.27. The summed E-state index contributed by atoms with van der Waals surface area (Å²) in [5, 5.41) is 0. The number of anilines is 1. The SMILES string of the molecule is CCOC(=O)c1cc(CC(C)C)nc(N2C(=O)OC[C@H]2C(C)C)c1. The van der Waals surface area contributed by atoms with Crippen molar-refractivity contribution >= 4 is 17.9 Å². The predicted molar refractivity (Wildman–Crippen MR) is 91.2 cm³/mol. The number of carbonyl (C=O) groups is 2. The van der Waals surface area contributed by atoms with Gasteiger partial charge in [0.25, 0.3) is 0 Å². The van der Waals surface area contributed by atoms with Crippen LogP contribution in [0.25, 0.3) is 0 Å². The predicted octanol–water partition coefficient (Wildman–Crippen LogP) is 3.44. The van der Waals surface area contributed by atoms with Crippen LogP contribution in [0.4, 0.5) is 10.6 Å². The molecule has 1 aromatic heterocycles. The molecule has 0 saturated carbocycles. The van der Waals surface area contributed by atoms with Gasteiger partial charge in [-0.2, -0.15) is 0 Å². The van der Waals surface area contributed by atoms with E-state index in [4.69, 9.17) is 9.47 Å². The van der Waals surface area contributed by atoms with Gasteiger partial charge in [0, 0.05) is 5.69 Å². The minimum absolute atomic E-state index is 0.0886. The molecule has 6 nitrogen and oxygen atoms in total. The highest BCUT2D eigenvalue weighted by atomic mass is 16.6. The van der Waals surface area contributed by atoms with E-state index >= 15 is 0 Å². The van der Waals surface area contributed by atoms with Gasteiger partial charge in [0.1, 0.15) is 12.4 Å². The van der Waals surface area contributed by atoms with Gasteiger partial charge in [-0.05, 0) is 37.3 Å². The van der Waals surface area contributed by atoms with E-state index in [0.717, 1.165) is 12.1 Å². The summed E-state index contributed by atoms with van der Waals surface area (Å²) in [7, 11) is 0. The lowest BCUT2D eigenvalue weighted by Crippen LogP contribution is -2.38. The molecule has 2 heterocycles. The third-order valence-corrected chi connectivity index (χ3v) is 3.92. The van der Waals surface area contributed by atoms with Crippen molar-refractivity contribution in [2.75, 3.05) is 18.1 Å². The van der Waals surface area contributed by atoms with Crippen LogP contribution in [-0.2, 0) is 15.9 Å². The molecular formula is C18H26N2O4. The minimum Gasteiger partial charge on any atom is -0.462 e. The molecule has 1 atom stereocenters. The first-order chi connectivity index (χ1) is 11.3. The van der Waals surface area contributed by atoms with Gasteiger partial charge in [0.05, 0.1) is 18.2 Å². The molecule has 1 aromatic rings. The molecule has 0 spiro atoms. The second-order valence-electron chi connectivity index (χ2n) is 6.78. The molecule has 1 amide bonds. The summed E-state index contributed by atoms with van der Waals surface area (Å²) in [5.41, 5.74) is 1.19. The number of nitrogens with zero attached hydrogens (tertiary/aromatic N) is 2. The second-order valence-corrected chi connectivity index (χ2v) is 6.78. The Balaban J connectivity index is 2.45. The van der Waals surface area contributed by atoms with Gasteiger partial charge < -0.3 is 9.47 Å². The van der Waals surface area contributed by atoms with Crippen molar-refractivity contribution in [1.82, 2.24) is 4.98 Å². The smallest absolute Gasteiger partial charge is 0.415 e. The Morgan fingerprint density at radius 3 is 2.67 bits per heavy atom. The molecule has 1 aliphatic heterocycles. The molecule has 0 aliphatic carbocycles. The Kier molecular flexibility index (Phi) is 5.80. The fourth-order valence-electron chi connectivity index (χ4n) is 2.74. The molecule has 2 rings (SSSR count). The maximum atomic E-state index is 12.2. The van der Waals surface area contributed by atoms with Crippen LogP contribution >= 0.6 is 0 Å². The number of hydrogen-bond donors (Lipinski definition) is 0. The zero-order chi connectivity index (χ0) is 17.9. The quantitative estimate of drug-likeness (QED) is 0.745. The number of hydrogen-bond acceptors (Lipinski definition) is 5. The fraction of sp³-hybridized carbons (Fsp3) is 0.611. The maximum Gasteiger partial charge on any atom is 0.415 e. The largest absolute Gasteiger partial charge is 0.462 e. The van der Waals surface area contributed by atoms with Crippen molar-refractivity contribution < 1.29 is 19.1 Å². The Morgan fingerprint density at radius 2 is 2.08 bits per heavy atom. The minimum atomic E-state index is -0.419. The van der Waals surface area contributed by atoms with Crippen molar-refractivity contribution in [2.45, 2.75) is 47.1 Å². The zero-order valence-electron chi connectivity index (χ0n) is 15.0. The highest BCUT2D eigenvalue weighted by Gasteiger charge is 2.37. The molecule has 1 fully saturated rings. The number of pyridine rings is 1. The average molecular weight is 334 g/mol. The lowest BCUT2D eigenvalue weighted by Gasteiger charge is -2.24. The molecule has 24 heavy (non-hydrogen) atoms. The third kappa shape index (κ3) is 4.04. The lowest BCUT2D eigenvalue weighted by atomic mass is 10.0. The van der Waals surface area contributed by atoms with Gasteiger partial charge in [-0.1, -0.05) is 27.7 Å². The fourth-order valence-corrected chi connectivity index (χ4v) is 2.74. The van der Waals surface area contributed by atoms with Crippen LogP contribution in [-0.4, -0.2) is 36.3 Å². The lowest BCUT2D eigenvalue weighted by molar-refractivity contribution is 0.0526. The molecule has 132 valence electrons. The molecule has 0 unspecified atom stereocenters. The Bertz CT molecular complexity index is 613. The van der Waals surface area contributed by atoms with Crippen molar-refractivity contribution in [2.24, 2.45) is 11.8 Å². The molecule has 6 heteroatoms. The highest BCUT2D eigenvalue weighted by Crippen LogP contribution is 2.27. The molecular weight excluding hydrogens is 308 g/mol. The van der Waals surface area contributed by atoms with Gasteiger partial charge in [-0.25, -0.2) is 14.6 Å². The van der Waals surface area contributed by atoms with Crippen LogP contribution in [0.1, 0.15) is 50.7 Å². The van der Waals surface area contributed by atoms with Crippen LogP contribution in [0.2, 0.25) is 0 Å². The first kappa shape index (κ1) is 18.2. The van der Waals surface area contributed by atoms with Gasteiger partial charge in [0.15, 0.2) is 0 Å². The zero-order valence-corrected chi connectivity index (χ0v) is 15.0. The van der Waals surface area contributed by atoms with Crippen LogP contribution in [0.3, 0.4) is 0 Å². The number of rotatable bonds is 6. The van der Waals surface area contributed by atoms with E-state index < -0.39 is 12.1 Å². The van der Waals surface area contributed by atoms with E-state index in [1.807, 2.05) is 13.8 Å². The summed E-state index contributed by atoms with van der Waals surface area (Å²) in [4.78, 5) is 30.5. The number of ether oxygens (including phenoxy) is 2. The highest BCUT2D eigenvalue weighted by molar-refractivity contribution is 5.93. The Morgan fingerprint density at radius 1 is 1.38 bits per heavy atom. The van der Waals surface area contributed by atoms with Crippen LogP contribution in [0.5, 0.6) is 0 Å². The summed E-state index contributed by atoms with van der Waals surface area (Å²) < 4.78 is 10.3. The number of amides is 1. The first-order valence-corrected chi connectivity index (χ1v) is 8.47. The summed E-state index contributed by atoms with van der Waals surface area (Å²) in [6.45, 7) is 10.6. The normalized spacial score (nSPS) is 17.5. The van der Waals surface area contributed by atoms with E-state index in [2.05, 4.69) is 18.8 Å². The topological polar surface area (TPSA) is 68.7 Å². The van der Waals surface area contributed by atoms with E-state index in [9.17, 15) is 9.59 Å². The van der Waals surface area contributed by atoms with Crippen molar-refractivity contribution in [3.05, 3.63) is 23.4 Å². The second kappa shape index (κ2) is 7.64. The van der Waals surface area contributed by atoms with Gasteiger partial charge in [-0.3, -0.25) is 4.90 Å². The van der Waals surface area contributed by atoms with Gasteiger partial charge >= 0.3 is 12.1 Å². The van der Waals surface area contributed by atoms with Gasteiger partial charge in [-0.15, -0.1) is 0 Å². The monoisotopic (exact) mass is 334 g/mol. The number of aromatic nitrogens is 1. The van der Waals surface area contributed by atoms with Crippen molar-refractivity contribution in [3.8, 4) is 0 Å². The number of cyclic esters (lactones) is 1. The average Bonchev–Trinajstić information content (AvgIpc) is 2.88. The molecule has 1 saturated heterocycles. The Labute approximate surface area is 143 Å².